The van der Waals surface area contributed by atoms with Crippen LogP contribution in [0.3, 0.4) is 0 Å². The van der Waals surface area contributed by atoms with Crippen LogP contribution in [-0.2, 0) is 24.3 Å². The predicted octanol–water partition coefficient (Wildman–Crippen LogP) is 3.28. The van der Waals surface area contributed by atoms with Gasteiger partial charge >= 0.3 is 18.1 Å². The highest BCUT2D eigenvalue weighted by atomic mass is 19.4. The average molecular weight is 449 g/mol. The summed E-state index contributed by atoms with van der Waals surface area (Å²) in [7, 11) is 0. The number of carbonyl (C=O) groups is 2. The van der Waals surface area contributed by atoms with Gasteiger partial charge in [0.05, 0.1) is 5.69 Å². The molecule has 1 aromatic carbocycles. The SMILES string of the molecule is CC(C)NC(=O)c1nc2c(o1)CCN(Cc1cc(F)ccc1F)C2.O=C(O)C(F)(F)F. The molecule has 0 radical (unpaired) electrons. The van der Waals surface area contributed by atoms with Crippen molar-refractivity contribution < 1.29 is 41.1 Å². The number of oxazole rings is 1. The van der Waals surface area contributed by atoms with Gasteiger partial charge in [-0.1, -0.05) is 0 Å². The molecular formula is C19H20F5N3O4. The van der Waals surface area contributed by atoms with Crippen molar-refractivity contribution in [3.8, 4) is 0 Å². The Balaban J connectivity index is 0.000000423. The molecule has 2 heterocycles. The molecule has 0 saturated carbocycles. The van der Waals surface area contributed by atoms with Gasteiger partial charge in [0.15, 0.2) is 0 Å². The molecule has 0 aliphatic carbocycles. The maximum absolute atomic E-state index is 13.8. The largest absolute Gasteiger partial charge is 0.490 e. The Hall–Kier alpha value is -3.02. The van der Waals surface area contributed by atoms with Crippen molar-refractivity contribution in [3.05, 3.63) is 52.7 Å². The molecule has 0 atom stereocenters. The number of carbonyl (C=O) groups excluding carboxylic acids is 1. The molecule has 0 bridgehead atoms. The van der Waals surface area contributed by atoms with Crippen LogP contribution in [0.1, 0.15) is 41.6 Å². The van der Waals surface area contributed by atoms with Crippen LogP contribution >= 0.6 is 0 Å². The number of alkyl halides is 3. The van der Waals surface area contributed by atoms with Crippen LogP contribution in [0.15, 0.2) is 22.6 Å². The zero-order valence-electron chi connectivity index (χ0n) is 16.6. The lowest BCUT2D eigenvalue weighted by atomic mass is 10.1. The first-order valence-electron chi connectivity index (χ1n) is 9.12. The van der Waals surface area contributed by atoms with Crippen LogP contribution in [0, 0.1) is 11.6 Å². The van der Waals surface area contributed by atoms with Crippen molar-refractivity contribution in [1.82, 2.24) is 15.2 Å². The fourth-order valence-corrected chi connectivity index (χ4v) is 2.71. The van der Waals surface area contributed by atoms with Crippen molar-refractivity contribution in [2.24, 2.45) is 0 Å². The topological polar surface area (TPSA) is 95.7 Å². The third-order valence-corrected chi connectivity index (χ3v) is 4.06. The number of benzene rings is 1. The Morgan fingerprint density at radius 3 is 2.52 bits per heavy atom. The maximum Gasteiger partial charge on any atom is 0.490 e. The fraction of sp³-hybridized carbons (Fsp3) is 0.421. The number of fused-ring (bicyclic) bond motifs is 1. The van der Waals surface area contributed by atoms with E-state index in [9.17, 15) is 26.7 Å². The highest BCUT2D eigenvalue weighted by Gasteiger charge is 2.38. The highest BCUT2D eigenvalue weighted by molar-refractivity contribution is 5.89. The molecule has 12 heteroatoms. The van der Waals surface area contributed by atoms with Gasteiger partial charge in [-0.2, -0.15) is 13.2 Å². The Bertz CT molecular complexity index is 943. The predicted molar refractivity (Wildman–Crippen MR) is 97.0 cm³/mol. The number of aliphatic carboxylic acids is 1. The molecule has 2 N–H and O–H groups in total. The summed E-state index contributed by atoms with van der Waals surface area (Å²) in [6, 6.07) is 3.43. The number of rotatable bonds is 4. The van der Waals surface area contributed by atoms with Crippen molar-refractivity contribution in [1.29, 1.82) is 0 Å². The minimum Gasteiger partial charge on any atom is -0.475 e. The van der Waals surface area contributed by atoms with Gasteiger partial charge in [0.2, 0.25) is 0 Å². The number of hydrogen-bond donors (Lipinski definition) is 2. The number of nitrogens with one attached hydrogen (secondary N) is 1. The van der Waals surface area contributed by atoms with E-state index in [1.54, 1.807) is 0 Å². The van der Waals surface area contributed by atoms with E-state index in [1.165, 1.54) is 6.07 Å². The first-order valence-corrected chi connectivity index (χ1v) is 9.12. The molecule has 1 aliphatic heterocycles. The van der Waals surface area contributed by atoms with Crippen LogP contribution in [0.4, 0.5) is 22.0 Å². The van der Waals surface area contributed by atoms with E-state index < -0.39 is 23.8 Å². The van der Waals surface area contributed by atoms with Crippen molar-refractivity contribution in [2.75, 3.05) is 6.54 Å². The van der Waals surface area contributed by atoms with Crippen molar-refractivity contribution in [2.45, 2.75) is 45.6 Å². The summed E-state index contributed by atoms with van der Waals surface area (Å²) in [5.74, 6) is -3.26. The Kier molecular flexibility index (Phi) is 7.71. The number of halogens is 5. The number of hydrogen-bond acceptors (Lipinski definition) is 5. The smallest absolute Gasteiger partial charge is 0.475 e. The molecule has 1 amide bonds. The lowest BCUT2D eigenvalue weighted by Gasteiger charge is -2.25. The highest BCUT2D eigenvalue weighted by Crippen LogP contribution is 2.22. The molecule has 31 heavy (non-hydrogen) atoms. The number of amides is 1. The molecule has 2 aromatic rings. The second-order valence-electron chi connectivity index (χ2n) is 7.02. The van der Waals surface area contributed by atoms with E-state index in [-0.39, 0.29) is 24.4 Å². The normalized spacial score (nSPS) is 13.9. The molecule has 0 spiro atoms. The second kappa shape index (κ2) is 9.86. The number of aromatic nitrogens is 1. The van der Waals surface area contributed by atoms with Crippen LogP contribution in [0.25, 0.3) is 0 Å². The summed E-state index contributed by atoms with van der Waals surface area (Å²) < 4.78 is 64.3. The van der Waals surface area contributed by atoms with Crippen LogP contribution < -0.4 is 5.32 Å². The number of carboxylic acids is 1. The Labute approximate surface area is 173 Å². The quantitative estimate of drug-likeness (QED) is 0.696. The first-order chi connectivity index (χ1) is 14.4. The summed E-state index contributed by atoms with van der Waals surface area (Å²) in [5, 5.41) is 9.86. The van der Waals surface area contributed by atoms with Crippen LogP contribution in [0.5, 0.6) is 0 Å². The minimum atomic E-state index is -5.08. The summed E-state index contributed by atoms with van der Waals surface area (Å²) >= 11 is 0. The van der Waals surface area contributed by atoms with Gasteiger partial charge in [0.25, 0.3) is 5.89 Å². The summed E-state index contributed by atoms with van der Waals surface area (Å²) in [5.41, 5.74) is 0.978. The molecule has 0 saturated heterocycles. The van der Waals surface area contributed by atoms with Crippen molar-refractivity contribution >= 4 is 11.9 Å². The van der Waals surface area contributed by atoms with Crippen molar-refractivity contribution in [3.63, 3.8) is 0 Å². The van der Waals surface area contributed by atoms with E-state index in [0.29, 0.717) is 36.5 Å². The summed E-state index contributed by atoms with van der Waals surface area (Å²) in [4.78, 5) is 27.0. The second-order valence-corrected chi connectivity index (χ2v) is 7.02. The van der Waals surface area contributed by atoms with Gasteiger partial charge in [-0.15, -0.1) is 0 Å². The summed E-state index contributed by atoms with van der Waals surface area (Å²) in [6.45, 7) is 5.06. The zero-order chi connectivity index (χ0) is 23.3. The number of carboxylic acid groups (broad SMARTS) is 1. The number of nitrogens with zero attached hydrogens (tertiary/aromatic N) is 2. The first kappa shape index (κ1) is 24.3. The molecule has 1 aromatic heterocycles. The van der Waals surface area contributed by atoms with Gasteiger partial charge in [-0.25, -0.2) is 18.6 Å². The molecule has 1 aliphatic rings. The van der Waals surface area contributed by atoms with E-state index in [0.717, 1.165) is 12.1 Å². The van der Waals surface area contributed by atoms with E-state index in [4.69, 9.17) is 14.3 Å². The lowest BCUT2D eigenvalue weighted by molar-refractivity contribution is -0.192. The molecule has 7 nitrogen and oxygen atoms in total. The van der Waals surface area contributed by atoms with Gasteiger partial charge in [-0.3, -0.25) is 9.69 Å². The summed E-state index contributed by atoms with van der Waals surface area (Å²) in [6.07, 6.45) is -4.51. The Morgan fingerprint density at radius 1 is 1.29 bits per heavy atom. The molecular weight excluding hydrogens is 429 g/mol. The van der Waals surface area contributed by atoms with E-state index in [2.05, 4.69) is 10.3 Å². The third-order valence-electron chi connectivity index (χ3n) is 4.06. The zero-order valence-corrected chi connectivity index (χ0v) is 16.6. The monoisotopic (exact) mass is 449 g/mol. The van der Waals surface area contributed by atoms with E-state index in [1.807, 2.05) is 18.7 Å². The third kappa shape index (κ3) is 7.02. The molecule has 3 rings (SSSR count). The minimum absolute atomic E-state index is 0.00567. The van der Waals surface area contributed by atoms with Gasteiger partial charge < -0.3 is 14.8 Å². The van der Waals surface area contributed by atoms with Crippen LogP contribution in [-0.4, -0.2) is 45.6 Å². The lowest BCUT2D eigenvalue weighted by Crippen LogP contribution is -2.30. The maximum atomic E-state index is 13.8. The molecule has 0 unspecified atom stereocenters. The van der Waals surface area contributed by atoms with Gasteiger partial charge in [0, 0.05) is 37.7 Å². The van der Waals surface area contributed by atoms with Gasteiger partial charge in [0.1, 0.15) is 17.4 Å². The van der Waals surface area contributed by atoms with Crippen LogP contribution in [0.2, 0.25) is 0 Å². The molecule has 0 fully saturated rings. The average Bonchev–Trinajstić information content (AvgIpc) is 3.07. The molecule has 170 valence electrons. The Morgan fingerprint density at radius 2 is 1.94 bits per heavy atom. The van der Waals surface area contributed by atoms with E-state index >= 15 is 0 Å². The van der Waals surface area contributed by atoms with Gasteiger partial charge in [-0.05, 0) is 32.0 Å². The fourth-order valence-electron chi connectivity index (χ4n) is 2.71. The standard InChI is InChI=1S/C17H19F2N3O2.C2HF3O2/c1-10(2)20-16(23)17-21-14-9-22(6-5-15(14)24-17)8-11-7-12(18)3-4-13(11)19;3-2(4,5)1(6)7/h3-4,7,10H,5-6,8-9H2,1-2H3,(H,20,23);(H,6,7).